The number of hydrogen-bond acceptors (Lipinski definition) is 6. The zero-order valence-electron chi connectivity index (χ0n) is 12.1. The van der Waals surface area contributed by atoms with Crippen LogP contribution < -0.4 is 10.6 Å². The average molecular weight is 301 g/mol. The van der Waals surface area contributed by atoms with E-state index in [1.165, 1.54) is 29.2 Å². The Morgan fingerprint density at radius 2 is 2.33 bits per heavy atom. The Balaban J connectivity index is 1.59. The Hall–Kier alpha value is -1.50. The molecule has 0 spiro atoms. The number of aromatic nitrogens is 2. The fraction of sp³-hybridized carbons (Fsp3) is 0.467. The van der Waals surface area contributed by atoms with Crippen molar-refractivity contribution in [3.05, 3.63) is 35.2 Å². The van der Waals surface area contributed by atoms with Crippen LogP contribution in [0.4, 0.5) is 10.8 Å². The first-order chi connectivity index (χ1) is 10.3. The smallest absolute Gasteiger partial charge is 0.207 e. The van der Waals surface area contributed by atoms with Crippen LogP contribution in [0.15, 0.2) is 18.2 Å². The predicted octanol–water partition coefficient (Wildman–Crippen LogP) is 2.09. The normalized spacial score (nSPS) is 21.7. The van der Waals surface area contributed by atoms with E-state index in [0.717, 1.165) is 42.7 Å². The van der Waals surface area contributed by atoms with Crippen LogP contribution in [0.5, 0.6) is 0 Å². The molecular formula is C15H19N5S. The highest BCUT2D eigenvalue weighted by Crippen LogP contribution is 2.32. The second-order valence-corrected chi connectivity index (χ2v) is 6.44. The summed E-state index contributed by atoms with van der Waals surface area (Å²) in [4.78, 5) is 6.96. The Kier molecular flexibility index (Phi) is 3.37. The van der Waals surface area contributed by atoms with Gasteiger partial charge in [0.2, 0.25) is 5.13 Å². The van der Waals surface area contributed by atoms with Crippen LogP contribution in [-0.2, 0) is 6.42 Å². The first kappa shape index (κ1) is 13.2. The first-order valence-corrected chi connectivity index (χ1v) is 8.22. The molecule has 21 heavy (non-hydrogen) atoms. The molecule has 0 saturated carbocycles. The number of hydrogen-bond donors (Lipinski definition) is 2. The van der Waals surface area contributed by atoms with E-state index in [9.17, 15) is 0 Å². The lowest BCUT2D eigenvalue weighted by Gasteiger charge is -2.41. The molecule has 1 atom stereocenters. The fourth-order valence-corrected chi connectivity index (χ4v) is 3.88. The van der Waals surface area contributed by atoms with Crippen LogP contribution in [0, 0.1) is 6.92 Å². The highest BCUT2D eigenvalue weighted by molar-refractivity contribution is 7.09. The maximum atomic E-state index is 4.36. The third-order valence-electron chi connectivity index (χ3n) is 4.30. The van der Waals surface area contributed by atoms with Crippen molar-refractivity contribution < 1.29 is 0 Å². The van der Waals surface area contributed by atoms with Gasteiger partial charge in [0.1, 0.15) is 5.82 Å². The van der Waals surface area contributed by atoms with Crippen LogP contribution in [0.1, 0.15) is 23.0 Å². The quantitative estimate of drug-likeness (QED) is 0.889. The van der Waals surface area contributed by atoms with Gasteiger partial charge >= 0.3 is 0 Å². The molecule has 5 nitrogen and oxygen atoms in total. The summed E-state index contributed by atoms with van der Waals surface area (Å²) >= 11 is 1.41. The van der Waals surface area contributed by atoms with Gasteiger partial charge in [0.15, 0.2) is 0 Å². The van der Waals surface area contributed by atoms with E-state index in [-0.39, 0.29) is 0 Å². The third kappa shape index (κ3) is 2.54. The van der Waals surface area contributed by atoms with E-state index in [1.54, 1.807) is 0 Å². The van der Waals surface area contributed by atoms with Crippen LogP contribution in [-0.4, -0.2) is 40.4 Å². The number of benzene rings is 1. The maximum Gasteiger partial charge on any atom is 0.207 e. The minimum atomic E-state index is 0.542. The van der Waals surface area contributed by atoms with Crippen LogP contribution in [0.3, 0.4) is 0 Å². The Bertz CT molecular complexity index is 653. The topological polar surface area (TPSA) is 53.1 Å². The Labute approximate surface area is 128 Å². The van der Waals surface area contributed by atoms with E-state index in [1.807, 2.05) is 6.92 Å². The van der Waals surface area contributed by atoms with Crippen molar-refractivity contribution in [2.24, 2.45) is 0 Å². The van der Waals surface area contributed by atoms with Crippen LogP contribution in [0.25, 0.3) is 0 Å². The molecule has 0 amide bonds. The lowest BCUT2D eigenvalue weighted by Crippen LogP contribution is -2.48. The van der Waals surface area contributed by atoms with E-state index >= 15 is 0 Å². The zero-order chi connectivity index (χ0) is 14.2. The second kappa shape index (κ2) is 5.36. The molecule has 1 aromatic heterocycles. The molecule has 6 heteroatoms. The third-order valence-corrected chi connectivity index (χ3v) is 5.03. The summed E-state index contributed by atoms with van der Waals surface area (Å²) in [6.45, 7) is 6.42. The van der Waals surface area contributed by atoms with Crippen molar-refractivity contribution in [2.45, 2.75) is 19.4 Å². The largest absolute Gasteiger partial charge is 0.330 e. The van der Waals surface area contributed by atoms with Crippen molar-refractivity contribution in [1.82, 2.24) is 19.6 Å². The van der Waals surface area contributed by atoms with Crippen molar-refractivity contribution >= 4 is 22.4 Å². The van der Waals surface area contributed by atoms with Gasteiger partial charge in [-0.05, 0) is 36.6 Å². The molecule has 0 bridgehead atoms. The number of nitrogens with one attached hydrogen (secondary N) is 2. The van der Waals surface area contributed by atoms with Gasteiger partial charge in [-0.1, -0.05) is 6.07 Å². The van der Waals surface area contributed by atoms with Gasteiger partial charge in [0, 0.05) is 49.4 Å². The number of anilines is 2. The summed E-state index contributed by atoms with van der Waals surface area (Å²) in [7, 11) is 0. The SMILES string of the molecule is Cc1nsc(Nc2ccc3c(c2)CCN2CCNCC32)n1. The lowest BCUT2D eigenvalue weighted by atomic mass is 9.91. The molecule has 3 heterocycles. The summed E-state index contributed by atoms with van der Waals surface area (Å²) in [6, 6.07) is 7.25. The molecule has 1 fully saturated rings. The van der Waals surface area contributed by atoms with Crippen LogP contribution in [0.2, 0.25) is 0 Å². The van der Waals surface area contributed by atoms with Gasteiger partial charge in [0.25, 0.3) is 0 Å². The molecule has 2 aliphatic heterocycles. The molecule has 1 unspecified atom stereocenters. The van der Waals surface area contributed by atoms with E-state index in [4.69, 9.17) is 0 Å². The number of aryl methyl sites for hydroxylation is 1. The first-order valence-electron chi connectivity index (χ1n) is 7.44. The summed E-state index contributed by atoms with van der Waals surface area (Å²) in [5, 5.41) is 7.74. The monoisotopic (exact) mass is 301 g/mol. The van der Waals surface area contributed by atoms with Crippen molar-refractivity contribution in [2.75, 3.05) is 31.5 Å². The number of fused-ring (bicyclic) bond motifs is 3. The number of rotatable bonds is 2. The number of nitrogens with zero attached hydrogens (tertiary/aromatic N) is 3. The molecule has 110 valence electrons. The predicted molar refractivity (Wildman–Crippen MR) is 85.3 cm³/mol. The summed E-state index contributed by atoms with van der Waals surface area (Å²) in [5.74, 6) is 0.824. The van der Waals surface area contributed by atoms with E-state index in [0.29, 0.717) is 6.04 Å². The molecule has 2 aromatic rings. The van der Waals surface area contributed by atoms with Gasteiger partial charge in [-0.3, -0.25) is 4.90 Å². The summed E-state index contributed by atoms with van der Waals surface area (Å²) in [5.41, 5.74) is 4.06. The minimum absolute atomic E-state index is 0.542. The summed E-state index contributed by atoms with van der Waals surface area (Å²) in [6.07, 6.45) is 1.14. The second-order valence-electron chi connectivity index (χ2n) is 5.69. The summed E-state index contributed by atoms with van der Waals surface area (Å²) < 4.78 is 4.21. The highest BCUT2D eigenvalue weighted by Gasteiger charge is 2.29. The number of piperazine rings is 1. The minimum Gasteiger partial charge on any atom is -0.330 e. The maximum absolute atomic E-state index is 4.36. The van der Waals surface area contributed by atoms with Crippen LogP contribution >= 0.6 is 11.5 Å². The molecule has 0 radical (unpaired) electrons. The van der Waals surface area contributed by atoms with Gasteiger partial charge in [-0.25, -0.2) is 4.98 Å². The Morgan fingerprint density at radius 1 is 1.38 bits per heavy atom. The van der Waals surface area contributed by atoms with Crippen molar-refractivity contribution in [1.29, 1.82) is 0 Å². The standard InChI is InChI=1S/C15H19N5S/c1-10-17-15(21-19-10)18-12-2-3-13-11(8-12)4-6-20-7-5-16-9-14(13)20/h2-3,8,14,16H,4-7,9H2,1H3,(H,17,18,19). The molecule has 1 saturated heterocycles. The van der Waals surface area contributed by atoms with E-state index in [2.05, 4.69) is 43.1 Å². The van der Waals surface area contributed by atoms with Crippen molar-refractivity contribution in [3.63, 3.8) is 0 Å². The molecule has 4 rings (SSSR count). The molecule has 1 aromatic carbocycles. The van der Waals surface area contributed by atoms with Gasteiger partial charge < -0.3 is 10.6 Å². The molecular weight excluding hydrogens is 282 g/mol. The van der Waals surface area contributed by atoms with Gasteiger partial charge in [-0.15, -0.1) is 0 Å². The molecule has 2 aliphatic rings. The lowest BCUT2D eigenvalue weighted by molar-refractivity contribution is 0.152. The fourth-order valence-electron chi connectivity index (χ4n) is 3.28. The van der Waals surface area contributed by atoms with E-state index < -0.39 is 0 Å². The highest BCUT2D eigenvalue weighted by atomic mass is 32.1. The molecule has 0 aliphatic carbocycles. The van der Waals surface area contributed by atoms with Gasteiger partial charge in [-0.2, -0.15) is 4.37 Å². The zero-order valence-corrected chi connectivity index (χ0v) is 12.9. The van der Waals surface area contributed by atoms with Gasteiger partial charge in [0.05, 0.1) is 0 Å². The molecule has 2 N–H and O–H groups in total. The average Bonchev–Trinajstić information content (AvgIpc) is 2.92. The Morgan fingerprint density at radius 3 is 3.19 bits per heavy atom. The van der Waals surface area contributed by atoms with Crippen molar-refractivity contribution in [3.8, 4) is 0 Å².